The number of thioether (sulfide) groups is 1. The van der Waals surface area contributed by atoms with E-state index in [0.29, 0.717) is 0 Å². The summed E-state index contributed by atoms with van der Waals surface area (Å²) in [5, 5.41) is 2.46. The molecule has 0 bridgehead atoms. The number of amides is 3. The standard InChI is InChI=1S/C16H21F2N3O4S/c17-16(18)4-6-21(14(23)10-26-9-13(19)22)5-3-11(16)8-20-15(24)12-2-1-7-25-12/h1-2,7,11H,3-6,8-10H2,(H2,19,22)(H,20,24). The van der Waals surface area contributed by atoms with Crippen LogP contribution < -0.4 is 11.1 Å². The second kappa shape index (κ2) is 9.02. The molecular weight excluding hydrogens is 368 g/mol. The maximum absolute atomic E-state index is 14.3. The van der Waals surface area contributed by atoms with E-state index in [1.165, 1.54) is 23.3 Å². The lowest BCUT2D eigenvalue weighted by Gasteiger charge is -2.24. The molecule has 1 unspecified atom stereocenters. The number of primary amides is 1. The number of furan rings is 1. The van der Waals surface area contributed by atoms with Gasteiger partial charge < -0.3 is 20.4 Å². The first-order valence-electron chi connectivity index (χ1n) is 8.13. The molecule has 2 heterocycles. The smallest absolute Gasteiger partial charge is 0.286 e. The van der Waals surface area contributed by atoms with Crippen molar-refractivity contribution in [3.8, 4) is 0 Å². The van der Waals surface area contributed by atoms with Gasteiger partial charge >= 0.3 is 0 Å². The van der Waals surface area contributed by atoms with Gasteiger partial charge in [-0.3, -0.25) is 14.4 Å². The van der Waals surface area contributed by atoms with Gasteiger partial charge in [0.05, 0.1) is 17.8 Å². The van der Waals surface area contributed by atoms with Crippen LogP contribution in [-0.2, 0) is 9.59 Å². The van der Waals surface area contributed by atoms with Crippen LogP contribution in [0.25, 0.3) is 0 Å². The van der Waals surface area contributed by atoms with E-state index in [4.69, 9.17) is 10.2 Å². The van der Waals surface area contributed by atoms with Crippen LogP contribution >= 0.6 is 11.8 Å². The van der Waals surface area contributed by atoms with E-state index < -0.39 is 30.1 Å². The van der Waals surface area contributed by atoms with Crippen LogP contribution in [0.2, 0.25) is 0 Å². The zero-order valence-electron chi connectivity index (χ0n) is 14.1. The van der Waals surface area contributed by atoms with Crippen molar-refractivity contribution < 1.29 is 27.6 Å². The molecule has 1 fully saturated rings. The molecule has 0 aliphatic carbocycles. The van der Waals surface area contributed by atoms with Crippen molar-refractivity contribution in [3.63, 3.8) is 0 Å². The highest BCUT2D eigenvalue weighted by atomic mass is 32.2. The zero-order valence-corrected chi connectivity index (χ0v) is 14.9. The van der Waals surface area contributed by atoms with Crippen LogP contribution in [0.1, 0.15) is 23.4 Å². The van der Waals surface area contributed by atoms with E-state index in [9.17, 15) is 23.2 Å². The minimum atomic E-state index is -2.99. The lowest BCUT2D eigenvalue weighted by atomic mass is 9.96. The predicted molar refractivity (Wildman–Crippen MR) is 91.8 cm³/mol. The third kappa shape index (κ3) is 5.72. The Balaban J connectivity index is 1.86. The largest absolute Gasteiger partial charge is 0.459 e. The van der Waals surface area contributed by atoms with Gasteiger partial charge in [-0.25, -0.2) is 8.78 Å². The Morgan fingerprint density at radius 3 is 2.77 bits per heavy atom. The van der Waals surface area contributed by atoms with Gasteiger partial charge in [0.25, 0.3) is 11.8 Å². The predicted octanol–water partition coefficient (Wildman–Crippen LogP) is 1.10. The summed E-state index contributed by atoms with van der Waals surface area (Å²) in [6, 6.07) is 2.99. The fourth-order valence-electron chi connectivity index (χ4n) is 2.66. The summed E-state index contributed by atoms with van der Waals surface area (Å²) in [5.41, 5.74) is 5.00. The molecule has 3 N–H and O–H groups in total. The van der Waals surface area contributed by atoms with Crippen LogP contribution in [-0.4, -0.2) is 59.7 Å². The molecule has 3 amide bonds. The first-order chi connectivity index (χ1) is 12.3. The van der Waals surface area contributed by atoms with Crippen molar-refractivity contribution in [2.24, 2.45) is 11.7 Å². The van der Waals surface area contributed by atoms with Crippen molar-refractivity contribution in [2.45, 2.75) is 18.8 Å². The van der Waals surface area contributed by atoms with Crippen molar-refractivity contribution in [2.75, 3.05) is 31.1 Å². The number of carbonyl (C=O) groups is 3. The average Bonchev–Trinajstić information content (AvgIpc) is 3.05. The normalized spacial score (nSPS) is 19.6. The molecule has 7 nitrogen and oxygen atoms in total. The number of rotatable bonds is 7. The number of carbonyl (C=O) groups excluding carboxylic acids is 3. The Hall–Kier alpha value is -2.10. The van der Waals surface area contributed by atoms with Crippen LogP contribution in [0.3, 0.4) is 0 Å². The van der Waals surface area contributed by atoms with Crippen LogP contribution in [0.4, 0.5) is 8.78 Å². The lowest BCUT2D eigenvalue weighted by Crippen LogP contribution is -2.38. The fraction of sp³-hybridized carbons (Fsp3) is 0.562. The Kier molecular flexibility index (Phi) is 7.01. The quantitative estimate of drug-likeness (QED) is 0.727. The van der Waals surface area contributed by atoms with E-state index in [1.807, 2.05) is 0 Å². The molecular formula is C16H21F2N3O4S. The van der Waals surface area contributed by atoms with Crippen LogP contribution in [0.5, 0.6) is 0 Å². The summed E-state index contributed by atoms with van der Waals surface area (Å²) in [5.74, 6) is -5.35. The molecule has 1 aromatic rings. The molecule has 1 aromatic heterocycles. The van der Waals surface area contributed by atoms with Gasteiger partial charge in [-0.05, 0) is 18.6 Å². The first-order valence-corrected chi connectivity index (χ1v) is 9.28. The molecule has 26 heavy (non-hydrogen) atoms. The summed E-state index contributed by atoms with van der Waals surface area (Å²) >= 11 is 1.06. The summed E-state index contributed by atoms with van der Waals surface area (Å²) in [6.45, 7) is -0.0938. The molecule has 10 heteroatoms. The third-order valence-electron chi connectivity index (χ3n) is 4.14. The molecule has 0 spiro atoms. The Labute approximate surface area is 153 Å². The highest BCUT2D eigenvalue weighted by molar-refractivity contribution is 8.00. The average molecular weight is 389 g/mol. The van der Waals surface area contributed by atoms with E-state index in [1.54, 1.807) is 0 Å². The summed E-state index contributed by atoms with van der Waals surface area (Å²) in [6.07, 6.45) is 0.924. The number of halogens is 2. The molecule has 0 saturated carbocycles. The lowest BCUT2D eigenvalue weighted by molar-refractivity contribution is -0.128. The molecule has 0 radical (unpaired) electrons. The van der Waals surface area contributed by atoms with Gasteiger partial charge in [0.2, 0.25) is 11.8 Å². The zero-order chi connectivity index (χ0) is 19.2. The Bertz CT molecular complexity index is 639. The Morgan fingerprint density at radius 1 is 1.35 bits per heavy atom. The molecule has 1 atom stereocenters. The van der Waals surface area contributed by atoms with Crippen LogP contribution in [0.15, 0.2) is 22.8 Å². The maximum Gasteiger partial charge on any atom is 0.286 e. The topological polar surface area (TPSA) is 106 Å². The van der Waals surface area contributed by atoms with Gasteiger partial charge in [0.15, 0.2) is 5.76 Å². The van der Waals surface area contributed by atoms with Gasteiger partial charge in [-0.2, -0.15) is 0 Å². The van der Waals surface area contributed by atoms with Gasteiger partial charge in [0.1, 0.15) is 0 Å². The number of hydrogen-bond donors (Lipinski definition) is 2. The third-order valence-corrected chi connectivity index (χ3v) is 5.08. The molecule has 0 aromatic carbocycles. The van der Waals surface area contributed by atoms with E-state index in [-0.39, 0.29) is 49.2 Å². The second-order valence-electron chi connectivity index (χ2n) is 6.02. The van der Waals surface area contributed by atoms with E-state index in [0.717, 1.165) is 11.8 Å². The molecule has 2 rings (SSSR count). The second-order valence-corrected chi connectivity index (χ2v) is 7.01. The number of likely N-dealkylation sites (tertiary alicyclic amines) is 1. The minimum Gasteiger partial charge on any atom is -0.459 e. The number of hydrogen-bond acceptors (Lipinski definition) is 5. The van der Waals surface area contributed by atoms with Crippen molar-refractivity contribution in [1.29, 1.82) is 0 Å². The first kappa shape index (κ1) is 20.2. The summed E-state index contributed by atoms with van der Waals surface area (Å²) in [7, 11) is 0. The number of nitrogens with one attached hydrogen (secondary N) is 1. The van der Waals surface area contributed by atoms with Crippen molar-refractivity contribution in [1.82, 2.24) is 10.2 Å². The van der Waals surface area contributed by atoms with Gasteiger partial charge in [0, 0.05) is 32.0 Å². The molecule has 1 aliphatic rings. The van der Waals surface area contributed by atoms with E-state index >= 15 is 0 Å². The minimum absolute atomic E-state index is 0.0111. The monoisotopic (exact) mass is 389 g/mol. The van der Waals surface area contributed by atoms with E-state index in [2.05, 4.69) is 5.32 Å². The van der Waals surface area contributed by atoms with Crippen molar-refractivity contribution in [3.05, 3.63) is 24.2 Å². The maximum atomic E-state index is 14.3. The SMILES string of the molecule is NC(=O)CSCC(=O)N1CCC(CNC(=O)c2ccco2)C(F)(F)CC1. The number of nitrogens with zero attached hydrogens (tertiary/aromatic N) is 1. The number of alkyl halides is 2. The summed E-state index contributed by atoms with van der Waals surface area (Å²) < 4.78 is 33.6. The van der Waals surface area contributed by atoms with Crippen LogP contribution in [0, 0.1) is 5.92 Å². The fourth-order valence-corrected chi connectivity index (χ4v) is 3.33. The molecule has 1 aliphatic heterocycles. The van der Waals surface area contributed by atoms with Gasteiger partial charge in [-0.1, -0.05) is 0 Å². The highest BCUT2D eigenvalue weighted by Crippen LogP contribution is 2.33. The van der Waals surface area contributed by atoms with Gasteiger partial charge in [-0.15, -0.1) is 11.8 Å². The van der Waals surface area contributed by atoms with Crippen molar-refractivity contribution >= 4 is 29.5 Å². The molecule has 1 saturated heterocycles. The Morgan fingerprint density at radius 2 is 2.12 bits per heavy atom. The summed E-state index contributed by atoms with van der Waals surface area (Å²) in [4.78, 5) is 36.0. The molecule has 144 valence electrons. The number of nitrogens with two attached hydrogens (primary N) is 1. The highest BCUT2D eigenvalue weighted by Gasteiger charge is 2.42.